The van der Waals surface area contributed by atoms with E-state index < -0.39 is 24.6 Å². The Morgan fingerprint density at radius 3 is 2.18 bits per heavy atom. The molecule has 0 saturated carbocycles. The second-order valence-electron chi connectivity index (χ2n) is 3.06. The van der Waals surface area contributed by atoms with Crippen LogP contribution < -0.4 is 0 Å². The van der Waals surface area contributed by atoms with Crippen LogP contribution in [-0.2, 0) is 6.18 Å². The highest BCUT2D eigenvalue weighted by atomic mass is 19.4. The van der Waals surface area contributed by atoms with Gasteiger partial charge in [-0.25, -0.2) is 0 Å². The minimum absolute atomic E-state index is 0.0715. The van der Waals surface area contributed by atoms with Gasteiger partial charge in [-0.1, -0.05) is 0 Å². The lowest BCUT2D eigenvalue weighted by Crippen LogP contribution is -2.12. The zero-order valence-corrected chi connectivity index (χ0v) is 8.18. The maximum atomic E-state index is 12.1. The molecular formula is C9H6F6N2. The van der Waals surface area contributed by atoms with Crippen molar-refractivity contribution in [3.8, 4) is 0 Å². The Labute approximate surface area is 92.0 Å². The summed E-state index contributed by atoms with van der Waals surface area (Å²) in [5.74, 6) is 0. The van der Waals surface area contributed by atoms with Crippen LogP contribution in [0, 0.1) is 0 Å². The summed E-state index contributed by atoms with van der Waals surface area (Å²) in [6, 6.07) is 1.67. The Balaban J connectivity index is 2.69. The van der Waals surface area contributed by atoms with Gasteiger partial charge in [0, 0.05) is 18.0 Å². The van der Waals surface area contributed by atoms with Crippen LogP contribution in [0.25, 0.3) is 0 Å². The average Bonchev–Trinajstić information content (AvgIpc) is 2.15. The van der Waals surface area contributed by atoms with Crippen molar-refractivity contribution < 1.29 is 26.3 Å². The molecule has 0 bridgehead atoms. The largest absolute Gasteiger partial charge is 0.433 e. The van der Waals surface area contributed by atoms with Crippen LogP contribution in [0.5, 0.6) is 0 Å². The first kappa shape index (κ1) is 13.5. The van der Waals surface area contributed by atoms with Crippen molar-refractivity contribution in [3.63, 3.8) is 0 Å². The van der Waals surface area contributed by atoms with Crippen LogP contribution in [0.1, 0.15) is 11.3 Å². The number of hydrogen-bond acceptors (Lipinski definition) is 2. The molecule has 0 atom stereocenters. The van der Waals surface area contributed by atoms with E-state index in [1.54, 1.807) is 0 Å². The predicted molar refractivity (Wildman–Crippen MR) is 47.8 cm³/mol. The molecule has 0 saturated heterocycles. The number of nitrogens with zero attached hydrogens (tertiary/aromatic N) is 2. The highest BCUT2D eigenvalue weighted by Gasteiger charge is 2.32. The number of pyridine rings is 1. The Hall–Kier alpha value is -1.60. The van der Waals surface area contributed by atoms with Gasteiger partial charge in [-0.15, -0.1) is 0 Å². The monoisotopic (exact) mass is 256 g/mol. The van der Waals surface area contributed by atoms with E-state index in [4.69, 9.17) is 0 Å². The lowest BCUT2D eigenvalue weighted by Gasteiger charge is -2.04. The summed E-state index contributed by atoms with van der Waals surface area (Å²) in [6.07, 6.45) is -7.37. The minimum Gasteiger partial charge on any atom is -0.283 e. The summed E-state index contributed by atoms with van der Waals surface area (Å²) in [5, 5.41) is 0. The highest BCUT2D eigenvalue weighted by Crippen LogP contribution is 2.26. The fourth-order valence-corrected chi connectivity index (χ4v) is 0.904. The van der Waals surface area contributed by atoms with E-state index in [0.29, 0.717) is 6.07 Å². The summed E-state index contributed by atoms with van der Waals surface area (Å²) >= 11 is 0. The van der Waals surface area contributed by atoms with Crippen molar-refractivity contribution in [1.82, 2.24) is 4.98 Å². The molecule has 1 aromatic heterocycles. The predicted octanol–water partition coefficient (Wildman–Crippen LogP) is 3.08. The zero-order chi connectivity index (χ0) is 13.1. The van der Waals surface area contributed by atoms with Crippen LogP contribution in [0.15, 0.2) is 23.3 Å². The van der Waals surface area contributed by atoms with Crippen molar-refractivity contribution >= 4 is 6.21 Å². The lowest BCUT2D eigenvalue weighted by molar-refractivity contribution is -0.141. The van der Waals surface area contributed by atoms with Crippen LogP contribution in [-0.4, -0.2) is 23.9 Å². The third kappa shape index (κ3) is 4.83. The molecule has 0 aromatic carbocycles. The quantitative estimate of drug-likeness (QED) is 0.589. The van der Waals surface area contributed by atoms with Crippen molar-refractivity contribution in [2.45, 2.75) is 12.4 Å². The van der Waals surface area contributed by atoms with Gasteiger partial charge in [-0.3, -0.25) is 9.98 Å². The number of halogens is 6. The Kier molecular flexibility index (Phi) is 3.74. The fourth-order valence-electron chi connectivity index (χ4n) is 0.904. The Morgan fingerprint density at radius 2 is 1.76 bits per heavy atom. The second kappa shape index (κ2) is 4.72. The summed E-state index contributed by atoms with van der Waals surface area (Å²) in [5.41, 5.74) is -1.03. The molecule has 0 unspecified atom stereocenters. The summed E-state index contributed by atoms with van der Waals surface area (Å²) < 4.78 is 71.4. The molecule has 0 aliphatic carbocycles. The molecule has 0 radical (unpaired) electrons. The first-order valence-corrected chi connectivity index (χ1v) is 4.28. The summed E-state index contributed by atoms with van der Waals surface area (Å²) in [4.78, 5) is 6.10. The van der Waals surface area contributed by atoms with Crippen molar-refractivity contribution in [2.75, 3.05) is 6.54 Å². The molecule has 0 amide bonds. The van der Waals surface area contributed by atoms with Gasteiger partial charge in [0.1, 0.15) is 12.2 Å². The normalized spacial score (nSPS) is 13.3. The van der Waals surface area contributed by atoms with Gasteiger partial charge in [-0.2, -0.15) is 26.3 Å². The SMILES string of the molecule is FC(F)(F)C/N=C/c1ccc(C(F)(F)F)nc1. The second-order valence-corrected chi connectivity index (χ2v) is 3.06. The van der Waals surface area contributed by atoms with Gasteiger partial charge < -0.3 is 0 Å². The molecular weight excluding hydrogens is 250 g/mol. The fraction of sp³-hybridized carbons (Fsp3) is 0.333. The zero-order valence-electron chi connectivity index (χ0n) is 8.18. The van der Waals surface area contributed by atoms with Gasteiger partial charge >= 0.3 is 12.4 Å². The Bertz CT molecular complexity index is 389. The van der Waals surface area contributed by atoms with Gasteiger partial charge in [0.15, 0.2) is 0 Å². The molecule has 0 aliphatic heterocycles. The maximum Gasteiger partial charge on any atom is 0.433 e. The molecule has 0 aliphatic rings. The third-order valence-corrected chi connectivity index (χ3v) is 1.59. The molecule has 1 rings (SSSR count). The van der Waals surface area contributed by atoms with E-state index in [2.05, 4.69) is 9.98 Å². The smallest absolute Gasteiger partial charge is 0.283 e. The number of aliphatic imine (C=N–C) groups is 1. The minimum atomic E-state index is -4.57. The maximum absolute atomic E-state index is 12.1. The topological polar surface area (TPSA) is 25.2 Å². The van der Waals surface area contributed by atoms with Crippen LogP contribution in [0.2, 0.25) is 0 Å². The van der Waals surface area contributed by atoms with E-state index >= 15 is 0 Å². The molecule has 0 fully saturated rings. The Morgan fingerprint density at radius 1 is 1.12 bits per heavy atom. The molecule has 8 heteroatoms. The van der Waals surface area contributed by atoms with E-state index in [1.165, 1.54) is 0 Å². The van der Waals surface area contributed by atoms with Crippen LogP contribution in [0.3, 0.4) is 0 Å². The number of rotatable bonds is 2. The van der Waals surface area contributed by atoms with Gasteiger partial charge in [0.25, 0.3) is 0 Å². The van der Waals surface area contributed by atoms with E-state index in [9.17, 15) is 26.3 Å². The van der Waals surface area contributed by atoms with Crippen molar-refractivity contribution in [3.05, 3.63) is 29.6 Å². The van der Waals surface area contributed by atoms with Crippen LogP contribution in [0.4, 0.5) is 26.3 Å². The molecule has 2 nitrogen and oxygen atoms in total. The van der Waals surface area contributed by atoms with Gasteiger partial charge in [0.05, 0.1) is 0 Å². The van der Waals surface area contributed by atoms with Gasteiger partial charge in [-0.05, 0) is 12.1 Å². The summed E-state index contributed by atoms with van der Waals surface area (Å²) in [7, 11) is 0. The highest BCUT2D eigenvalue weighted by molar-refractivity contribution is 5.78. The number of alkyl halides is 6. The van der Waals surface area contributed by atoms with E-state index in [-0.39, 0.29) is 5.56 Å². The van der Waals surface area contributed by atoms with Crippen molar-refractivity contribution in [1.29, 1.82) is 0 Å². The molecule has 17 heavy (non-hydrogen) atoms. The van der Waals surface area contributed by atoms with E-state index in [0.717, 1.165) is 18.5 Å². The molecule has 94 valence electrons. The molecule has 1 aromatic rings. The first-order valence-electron chi connectivity index (χ1n) is 4.28. The van der Waals surface area contributed by atoms with E-state index in [1.807, 2.05) is 0 Å². The molecule has 0 N–H and O–H groups in total. The third-order valence-electron chi connectivity index (χ3n) is 1.59. The van der Waals surface area contributed by atoms with Crippen LogP contribution >= 0.6 is 0 Å². The number of hydrogen-bond donors (Lipinski definition) is 0. The van der Waals surface area contributed by atoms with Gasteiger partial charge in [0.2, 0.25) is 0 Å². The lowest BCUT2D eigenvalue weighted by atomic mass is 10.2. The summed E-state index contributed by atoms with van der Waals surface area (Å²) in [6.45, 7) is -1.38. The molecule has 0 spiro atoms. The van der Waals surface area contributed by atoms with Crippen molar-refractivity contribution in [2.24, 2.45) is 4.99 Å². The average molecular weight is 256 g/mol. The molecule has 1 heterocycles. The standard InChI is InChI=1S/C9H6F6N2/c10-8(11,12)5-16-3-6-1-2-7(17-4-6)9(13,14)15/h1-4H,5H2/b16-3+. The first-order chi connectivity index (χ1) is 7.68. The number of aromatic nitrogens is 1.